The third kappa shape index (κ3) is 3.80. The highest BCUT2D eigenvalue weighted by Gasteiger charge is 2.36. The van der Waals surface area contributed by atoms with Gasteiger partial charge in [-0.3, -0.25) is 0 Å². The first-order valence-electron chi connectivity index (χ1n) is 10.2. The van der Waals surface area contributed by atoms with Gasteiger partial charge in [0, 0.05) is 17.7 Å². The van der Waals surface area contributed by atoms with Crippen LogP contribution in [0.4, 0.5) is 10.5 Å². The van der Waals surface area contributed by atoms with Crippen molar-refractivity contribution in [1.29, 1.82) is 0 Å². The van der Waals surface area contributed by atoms with Crippen molar-refractivity contribution in [1.82, 2.24) is 25.0 Å². The minimum atomic E-state index is -0.434. The zero-order chi connectivity index (χ0) is 22.1. The summed E-state index contributed by atoms with van der Waals surface area (Å²) in [6.07, 6.45) is 2.11. The van der Waals surface area contributed by atoms with Crippen LogP contribution in [0.1, 0.15) is 28.9 Å². The van der Waals surface area contributed by atoms with Gasteiger partial charge in [0.05, 0.1) is 31.4 Å². The molecule has 1 aliphatic heterocycles. The predicted octanol–water partition coefficient (Wildman–Crippen LogP) is 4.11. The molecule has 0 spiro atoms. The summed E-state index contributed by atoms with van der Waals surface area (Å²) in [5, 5.41) is 7.08. The van der Waals surface area contributed by atoms with E-state index in [4.69, 9.17) is 9.26 Å². The first kappa shape index (κ1) is 19.8. The molecular weight excluding hydrogens is 408 g/mol. The minimum absolute atomic E-state index is 0.268. The lowest BCUT2D eigenvalue weighted by Crippen LogP contribution is -2.41. The Balaban J connectivity index is 1.42. The maximum atomic E-state index is 13.2. The summed E-state index contributed by atoms with van der Waals surface area (Å²) >= 11 is 0. The number of amides is 2. The van der Waals surface area contributed by atoms with Crippen LogP contribution in [-0.4, -0.2) is 38.1 Å². The molecule has 3 heterocycles. The molecule has 2 amide bonds. The topological polar surface area (TPSA) is 109 Å². The number of aryl methyl sites for hydroxylation is 1. The van der Waals surface area contributed by atoms with E-state index in [0.29, 0.717) is 30.4 Å². The number of H-pyrrole nitrogens is 1. The van der Waals surface area contributed by atoms with E-state index in [-0.39, 0.29) is 6.03 Å². The number of urea groups is 1. The second-order valence-electron chi connectivity index (χ2n) is 7.66. The molecule has 0 bridgehead atoms. The molecule has 0 saturated carbocycles. The van der Waals surface area contributed by atoms with Crippen LogP contribution in [0.25, 0.3) is 11.4 Å². The molecule has 162 valence electrons. The number of aromatic nitrogens is 4. The maximum absolute atomic E-state index is 13.2. The monoisotopic (exact) mass is 430 g/mol. The number of methoxy groups -OCH3 is 1. The number of aromatic amines is 1. The van der Waals surface area contributed by atoms with Crippen molar-refractivity contribution < 1.29 is 14.1 Å². The Morgan fingerprint density at radius 2 is 1.97 bits per heavy atom. The molecule has 2 N–H and O–H groups in total. The Kier molecular flexibility index (Phi) is 5.06. The van der Waals surface area contributed by atoms with Crippen molar-refractivity contribution in [3.05, 3.63) is 77.7 Å². The highest BCUT2D eigenvalue weighted by molar-refractivity contribution is 5.89. The number of anilines is 1. The summed E-state index contributed by atoms with van der Waals surface area (Å²) in [4.78, 5) is 27.0. The Morgan fingerprint density at radius 3 is 2.72 bits per heavy atom. The Hall–Kier alpha value is -4.14. The second-order valence-corrected chi connectivity index (χ2v) is 7.66. The van der Waals surface area contributed by atoms with Gasteiger partial charge in [-0.05, 0) is 31.2 Å². The Labute approximate surface area is 184 Å². The van der Waals surface area contributed by atoms with Gasteiger partial charge in [0.1, 0.15) is 11.8 Å². The molecule has 32 heavy (non-hydrogen) atoms. The van der Waals surface area contributed by atoms with Crippen LogP contribution in [0.5, 0.6) is 5.75 Å². The van der Waals surface area contributed by atoms with Gasteiger partial charge in [0.25, 0.3) is 0 Å². The molecule has 2 aromatic heterocycles. The van der Waals surface area contributed by atoms with E-state index in [1.807, 2.05) is 31.2 Å². The molecule has 2 aromatic carbocycles. The normalized spacial score (nSPS) is 15.3. The predicted molar refractivity (Wildman–Crippen MR) is 117 cm³/mol. The number of nitrogens with zero attached hydrogens (tertiary/aromatic N) is 4. The van der Waals surface area contributed by atoms with Crippen molar-refractivity contribution in [2.24, 2.45) is 0 Å². The number of imidazole rings is 1. The fourth-order valence-electron chi connectivity index (χ4n) is 3.73. The molecule has 0 radical (unpaired) electrons. The fourth-order valence-corrected chi connectivity index (χ4v) is 3.73. The zero-order valence-corrected chi connectivity index (χ0v) is 17.7. The maximum Gasteiger partial charge on any atom is 0.322 e. The number of benzene rings is 2. The molecule has 0 unspecified atom stereocenters. The van der Waals surface area contributed by atoms with Gasteiger partial charge >= 0.3 is 6.03 Å². The molecule has 9 heteroatoms. The van der Waals surface area contributed by atoms with E-state index >= 15 is 0 Å². The lowest BCUT2D eigenvalue weighted by Gasteiger charge is -2.32. The van der Waals surface area contributed by atoms with E-state index in [1.165, 1.54) is 0 Å². The molecule has 0 fully saturated rings. The van der Waals surface area contributed by atoms with Crippen molar-refractivity contribution in [2.75, 3.05) is 12.4 Å². The molecule has 0 saturated heterocycles. The van der Waals surface area contributed by atoms with Crippen molar-refractivity contribution in [3.63, 3.8) is 0 Å². The summed E-state index contributed by atoms with van der Waals surface area (Å²) < 4.78 is 10.8. The van der Waals surface area contributed by atoms with Gasteiger partial charge < -0.3 is 24.5 Å². The largest absolute Gasteiger partial charge is 0.497 e. The van der Waals surface area contributed by atoms with Crippen LogP contribution in [0.2, 0.25) is 0 Å². The summed E-state index contributed by atoms with van der Waals surface area (Å²) in [6, 6.07) is 14.4. The number of fused-ring (bicyclic) bond motifs is 1. The van der Waals surface area contributed by atoms with Crippen LogP contribution < -0.4 is 10.1 Å². The van der Waals surface area contributed by atoms with E-state index < -0.39 is 6.04 Å². The molecule has 1 aliphatic rings. The number of rotatable bonds is 4. The quantitative estimate of drug-likeness (QED) is 0.504. The van der Waals surface area contributed by atoms with E-state index in [0.717, 1.165) is 28.3 Å². The third-order valence-electron chi connectivity index (χ3n) is 5.54. The van der Waals surface area contributed by atoms with Gasteiger partial charge in [-0.15, -0.1) is 0 Å². The molecule has 5 rings (SSSR count). The smallest absolute Gasteiger partial charge is 0.322 e. The molecule has 9 nitrogen and oxygen atoms in total. The lowest BCUT2D eigenvalue weighted by molar-refractivity contribution is 0.155. The average molecular weight is 430 g/mol. The van der Waals surface area contributed by atoms with E-state index in [2.05, 4.69) is 25.4 Å². The highest BCUT2D eigenvalue weighted by atomic mass is 16.5. The van der Waals surface area contributed by atoms with Crippen molar-refractivity contribution in [3.8, 4) is 17.1 Å². The van der Waals surface area contributed by atoms with Gasteiger partial charge in [-0.25, -0.2) is 9.78 Å². The number of hydrogen-bond acceptors (Lipinski definition) is 6. The molecule has 0 aliphatic carbocycles. The van der Waals surface area contributed by atoms with E-state index in [1.54, 1.807) is 42.6 Å². The molecule has 1 atom stereocenters. The summed E-state index contributed by atoms with van der Waals surface area (Å²) in [6.45, 7) is 2.37. The van der Waals surface area contributed by atoms with Crippen molar-refractivity contribution >= 4 is 11.7 Å². The van der Waals surface area contributed by atoms with Gasteiger partial charge in [-0.1, -0.05) is 35.0 Å². The first-order valence-corrected chi connectivity index (χ1v) is 10.2. The number of carbonyl (C=O) groups excluding carboxylic acids is 1. The van der Waals surface area contributed by atoms with Crippen LogP contribution in [-0.2, 0) is 13.0 Å². The van der Waals surface area contributed by atoms with Crippen molar-refractivity contribution in [2.45, 2.75) is 25.9 Å². The number of carbonyl (C=O) groups is 1. The number of hydrogen-bond donors (Lipinski definition) is 2. The van der Waals surface area contributed by atoms with Gasteiger partial charge in [-0.2, -0.15) is 4.98 Å². The zero-order valence-electron chi connectivity index (χ0n) is 17.7. The summed E-state index contributed by atoms with van der Waals surface area (Å²) in [5.74, 6) is 1.58. The minimum Gasteiger partial charge on any atom is -0.497 e. The summed E-state index contributed by atoms with van der Waals surface area (Å²) in [5.41, 5.74) is 4.45. The van der Waals surface area contributed by atoms with Crippen LogP contribution >= 0.6 is 0 Å². The molecular formula is C23H22N6O3. The van der Waals surface area contributed by atoms with Gasteiger partial charge in [0.15, 0.2) is 0 Å². The molecule has 4 aromatic rings. The number of nitrogens with one attached hydrogen (secondary N) is 2. The SMILES string of the molecule is COc1ccc(NC(=O)N2Cc3[nH]cnc3C[C@H]2c2nc(-c3ccc(C)cc3)no2)cc1. The summed E-state index contributed by atoms with van der Waals surface area (Å²) in [7, 11) is 1.60. The Bertz CT molecular complexity index is 1230. The number of ether oxygens (including phenoxy) is 1. The fraction of sp³-hybridized carbons (Fsp3) is 0.217. The van der Waals surface area contributed by atoms with Crippen LogP contribution in [0.15, 0.2) is 59.4 Å². The van der Waals surface area contributed by atoms with Crippen LogP contribution in [0.3, 0.4) is 0 Å². The van der Waals surface area contributed by atoms with E-state index in [9.17, 15) is 4.79 Å². The van der Waals surface area contributed by atoms with Gasteiger partial charge in [0.2, 0.25) is 11.7 Å². The Morgan fingerprint density at radius 1 is 1.19 bits per heavy atom. The second kappa shape index (κ2) is 8.18. The average Bonchev–Trinajstić information content (AvgIpc) is 3.48. The highest BCUT2D eigenvalue weighted by Crippen LogP contribution is 2.32. The lowest BCUT2D eigenvalue weighted by atomic mass is 10.0. The third-order valence-corrected chi connectivity index (χ3v) is 5.54. The van der Waals surface area contributed by atoms with Crippen LogP contribution in [0, 0.1) is 6.92 Å². The first-order chi connectivity index (χ1) is 15.6. The standard InChI is InChI=1S/C23H22N6O3/c1-14-3-5-15(6-4-14)21-27-22(32-28-21)20-11-18-19(25-13-24-18)12-29(20)23(30)26-16-7-9-17(31-2)10-8-16/h3-10,13,20H,11-12H2,1-2H3,(H,24,25)(H,26,30)/t20-/m0/s1.